The van der Waals surface area contributed by atoms with E-state index in [-0.39, 0.29) is 12.5 Å². The lowest BCUT2D eigenvalue weighted by atomic mass is 10.1. The van der Waals surface area contributed by atoms with E-state index in [4.69, 9.17) is 5.73 Å². The van der Waals surface area contributed by atoms with Gasteiger partial charge in [-0.05, 0) is 25.9 Å². The van der Waals surface area contributed by atoms with Crippen molar-refractivity contribution in [2.45, 2.75) is 18.9 Å². The fraction of sp³-hybridized carbons (Fsp3) is 0.875. The van der Waals surface area contributed by atoms with Crippen LogP contribution in [0.5, 0.6) is 0 Å². The zero-order valence-electron chi connectivity index (χ0n) is 7.55. The lowest BCUT2D eigenvalue weighted by molar-refractivity contribution is -0.130. The second-order valence-electron chi connectivity index (χ2n) is 3.19. The first kappa shape index (κ1) is 9.48. The first-order valence-electron chi connectivity index (χ1n) is 4.42. The Hall–Kier alpha value is -0.610. The summed E-state index contributed by atoms with van der Waals surface area (Å²) in [5, 5.41) is 3.26. The van der Waals surface area contributed by atoms with Crippen LogP contribution in [0.15, 0.2) is 0 Å². The topological polar surface area (TPSA) is 58.4 Å². The monoisotopic (exact) mass is 171 g/mol. The number of piperidine rings is 1. The van der Waals surface area contributed by atoms with Crippen molar-refractivity contribution < 1.29 is 4.79 Å². The molecular weight excluding hydrogens is 154 g/mol. The van der Waals surface area contributed by atoms with E-state index in [2.05, 4.69) is 5.32 Å². The zero-order chi connectivity index (χ0) is 8.97. The molecule has 1 rings (SSSR count). The Bertz CT molecular complexity index is 154. The minimum Gasteiger partial charge on any atom is -0.342 e. The first-order chi connectivity index (χ1) is 5.75. The molecule has 1 aliphatic heterocycles. The maximum atomic E-state index is 11.2. The average molecular weight is 171 g/mol. The Morgan fingerprint density at radius 1 is 1.58 bits per heavy atom. The molecule has 3 N–H and O–H groups in total. The van der Waals surface area contributed by atoms with Crippen LogP contribution in [0, 0.1) is 0 Å². The Kier molecular flexibility index (Phi) is 3.49. The SMILES string of the molecule is CN(C(=O)CN)C1CCNCC1. The van der Waals surface area contributed by atoms with Crippen LogP contribution in [0.1, 0.15) is 12.8 Å². The Balaban J connectivity index is 2.39. The summed E-state index contributed by atoms with van der Waals surface area (Å²) >= 11 is 0. The van der Waals surface area contributed by atoms with E-state index in [1.54, 1.807) is 4.90 Å². The Morgan fingerprint density at radius 3 is 2.67 bits per heavy atom. The highest BCUT2D eigenvalue weighted by atomic mass is 16.2. The molecule has 0 aromatic carbocycles. The smallest absolute Gasteiger partial charge is 0.236 e. The number of nitrogens with two attached hydrogens (primary N) is 1. The van der Waals surface area contributed by atoms with Crippen LogP contribution >= 0.6 is 0 Å². The molecular formula is C8H17N3O. The van der Waals surface area contributed by atoms with Gasteiger partial charge in [0.15, 0.2) is 0 Å². The molecule has 0 atom stereocenters. The summed E-state index contributed by atoms with van der Waals surface area (Å²) in [5.74, 6) is 0.0434. The van der Waals surface area contributed by atoms with E-state index in [1.165, 1.54) is 0 Å². The number of rotatable bonds is 2. The molecule has 1 fully saturated rings. The third kappa shape index (κ3) is 2.19. The van der Waals surface area contributed by atoms with Crippen molar-refractivity contribution >= 4 is 5.91 Å². The minimum absolute atomic E-state index is 0.0434. The quantitative estimate of drug-likeness (QED) is 0.569. The fourth-order valence-corrected chi connectivity index (χ4v) is 1.54. The summed E-state index contributed by atoms with van der Waals surface area (Å²) in [4.78, 5) is 13.0. The van der Waals surface area contributed by atoms with Gasteiger partial charge in [-0.25, -0.2) is 0 Å². The van der Waals surface area contributed by atoms with Gasteiger partial charge in [-0.2, -0.15) is 0 Å². The molecule has 1 aliphatic rings. The van der Waals surface area contributed by atoms with Crippen molar-refractivity contribution in [1.29, 1.82) is 0 Å². The van der Waals surface area contributed by atoms with Gasteiger partial charge >= 0.3 is 0 Å². The lowest BCUT2D eigenvalue weighted by Crippen LogP contribution is -2.45. The molecule has 1 saturated heterocycles. The molecule has 0 aromatic heterocycles. The fourth-order valence-electron chi connectivity index (χ4n) is 1.54. The second kappa shape index (κ2) is 4.42. The molecule has 0 radical (unpaired) electrons. The molecule has 1 heterocycles. The van der Waals surface area contributed by atoms with E-state index in [0.29, 0.717) is 6.04 Å². The van der Waals surface area contributed by atoms with E-state index in [1.807, 2.05) is 7.05 Å². The molecule has 4 heteroatoms. The summed E-state index contributed by atoms with van der Waals surface area (Å²) in [5.41, 5.74) is 5.27. The molecule has 70 valence electrons. The third-order valence-electron chi connectivity index (χ3n) is 2.42. The molecule has 0 saturated carbocycles. The largest absolute Gasteiger partial charge is 0.342 e. The maximum Gasteiger partial charge on any atom is 0.236 e. The number of amides is 1. The summed E-state index contributed by atoms with van der Waals surface area (Å²) in [6, 6.07) is 0.391. The van der Waals surface area contributed by atoms with Crippen molar-refractivity contribution in [3.05, 3.63) is 0 Å². The van der Waals surface area contributed by atoms with E-state index in [9.17, 15) is 4.79 Å². The van der Waals surface area contributed by atoms with Gasteiger partial charge in [-0.15, -0.1) is 0 Å². The third-order valence-corrected chi connectivity index (χ3v) is 2.42. The highest BCUT2D eigenvalue weighted by Crippen LogP contribution is 2.09. The summed E-state index contributed by atoms with van der Waals surface area (Å²) in [6.45, 7) is 2.14. The number of carbonyl (C=O) groups is 1. The average Bonchev–Trinajstić information content (AvgIpc) is 2.17. The van der Waals surface area contributed by atoms with Gasteiger partial charge in [0.2, 0.25) is 5.91 Å². The van der Waals surface area contributed by atoms with E-state index < -0.39 is 0 Å². The van der Waals surface area contributed by atoms with Crippen LogP contribution in [-0.4, -0.2) is 43.5 Å². The normalized spacial score (nSPS) is 19.2. The Labute approximate surface area is 73.1 Å². The summed E-state index contributed by atoms with van der Waals surface area (Å²) < 4.78 is 0. The molecule has 0 aliphatic carbocycles. The van der Waals surface area contributed by atoms with Gasteiger partial charge in [-0.3, -0.25) is 4.79 Å². The van der Waals surface area contributed by atoms with Gasteiger partial charge in [0.05, 0.1) is 6.54 Å². The summed E-state index contributed by atoms with van der Waals surface area (Å²) in [6.07, 6.45) is 2.09. The van der Waals surface area contributed by atoms with Gasteiger partial charge in [0.25, 0.3) is 0 Å². The number of hydrogen-bond donors (Lipinski definition) is 2. The van der Waals surface area contributed by atoms with Gasteiger partial charge in [0, 0.05) is 13.1 Å². The van der Waals surface area contributed by atoms with Crippen molar-refractivity contribution in [2.75, 3.05) is 26.7 Å². The van der Waals surface area contributed by atoms with Crippen LogP contribution in [0.2, 0.25) is 0 Å². The number of hydrogen-bond acceptors (Lipinski definition) is 3. The van der Waals surface area contributed by atoms with Crippen LogP contribution in [0.25, 0.3) is 0 Å². The molecule has 0 aromatic rings. The van der Waals surface area contributed by atoms with E-state index >= 15 is 0 Å². The standard InChI is InChI=1S/C8H17N3O/c1-11(8(12)6-9)7-2-4-10-5-3-7/h7,10H,2-6,9H2,1H3. The van der Waals surface area contributed by atoms with Crippen LogP contribution in [0.4, 0.5) is 0 Å². The maximum absolute atomic E-state index is 11.2. The molecule has 0 unspecified atom stereocenters. The lowest BCUT2D eigenvalue weighted by Gasteiger charge is -2.31. The second-order valence-corrected chi connectivity index (χ2v) is 3.19. The number of nitrogens with zero attached hydrogens (tertiary/aromatic N) is 1. The molecule has 12 heavy (non-hydrogen) atoms. The van der Waals surface area contributed by atoms with E-state index in [0.717, 1.165) is 25.9 Å². The predicted molar refractivity (Wildman–Crippen MR) is 47.7 cm³/mol. The molecule has 0 bridgehead atoms. The Morgan fingerprint density at radius 2 is 2.17 bits per heavy atom. The zero-order valence-corrected chi connectivity index (χ0v) is 7.55. The van der Waals surface area contributed by atoms with Crippen molar-refractivity contribution in [2.24, 2.45) is 5.73 Å². The number of nitrogens with one attached hydrogen (secondary N) is 1. The van der Waals surface area contributed by atoms with Gasteiger partial charge in [0.1, 0.15) is 0 Å². The minimum atomic E-state index is 0.0434. The van der Waals surface area contributed by atoms with Crippen molar-refractivity contribution in [3.63, 3.8) is 0 Å². The van der Waals surface area contributed by atoms with Crippen LogP contribution in [0.3, 0.4) is 0 Å². The van der Waals surface area contributed by atoms with Gasteiger partial charge < -0.3 is 16.0 Å². The first-order valence-corrected chi connectivity index (χ1v) is 4.42. The van der Waals surface area contributed by atoms with Crippen LogP contribution in [-0.2, 0) is 4.79 Å². The van der Waals surface area contributed by atoms with Crippen molar-refractivity contribution in [3.8, 4) is 0 Å². The number of likely N-dealkylation sites (N-methyl/N-ethyl adjacent to an activating group) is 1. The van der Waals surface area contributed by atoms with Crippen molar-refractivity contribution in [1.82, 2.24) is 10.2 Å². The molecule has 0 spiro atoms. The van der Waals surface area contributed by atoms with Gasteiger partial charge in [-0.1, -0.05) is 0 Å². The highest BCUT2D eigenvalue weighted by molar-refractivity contribution is 5.78. The van der Waals surface area contributed by atoms with Crippen LogP contribution < -0.4 is 11.1 Å². The number of carbonyl (C=O) groups excluding carboxylic acids is 1. The molecule has 1 amide bonds. The highest BCUT2D eigenvalue weighted by Gasteiger charge is 2.20. The summed E-state index contributed by atoms with van der Waals surface area (Å²) in [7, 11) is 1.84. The predicted octanol–water partition coefficient (Wildman–Crippen LogP) is -0.844. The molecule has 4 nitrogen and oxygen atoms in total.